The summed E-state index contributed by atoms with van der Waals surface area (Å²) in [5.74, 6) is 0.285. The van der Waals surface area contributed by atoms with Gasteiger partial charge in [0.05, 0.1) is 34.9 Å². The fraction of sp³-hybridized carbons (Fsp3) is 0.103. The summed E-state index contributed by atoms with van der Waals surface area (Å²) >= 11 is 0. The summed E-state index contributed by atoms with van der Waals surface area (Å²) in [4.78, 5) is 29.6. The van der Waals surface area contributed by atoms with Crippen LogP contribution in [0.4, 0.5) is 13.2 Å². The Morgan fingerprint density at radius 1 is 1.00 bits per heavy atom. The van der Waals surface area contributed by atoms with Gasteiger partial charge in [-0.15, -0.1) is 0 Å². The lowest BCUT2D eigenvalue weighted by Gasteiger charge is -2.11. The minimum Gasteiger partial charge on any atom is -0.462 e. The van der Waals surface area contributed by atoms with E-state index in [1.54, 1.807) is 67.6 Å². The van der Waals surface area contributed by atoms with E-state index in [9.17, 15) is 22.8 Å². The van der Waals surface area contributed by atoms with Crippen LogP contribution in [0.3, 0.4) is 0 Å². The number of furan rings is 1. The van der Waals surface area contributed by atoms with Crippen LogP contribution in [0.25, 0.3) is 33.6 Å². The second-order valence-electron chi connectivity index (χ2n) is 8.39. The molecule has 0 bridgehead atoms. The van der Waals surface area contributed by atoms with Crippen molar-refractivity contribution in [3.63, 3.8) is 0 Å². The van der Waals surface area contributed by atoms with Crippen molar-refractivity contribution in [1.29, 1.82) is 0 Å². The fourth-order valence-corrected chi connectivity index (χ4v) is 3.93. The number of halogens is 3. The number of hydrogen-bond donors (Lipinski definition) is 0. The Balaban J connectivity index is 1.52. The molecule has 0 saturated heterocycles. The van der Waals surface area contributed by atoms with Crippen LogP contribution >= 0.6 is 0 Å². The van der Waals surface area contributed by atoms with Gasteiger partial charge < -0.3 is 9.15 Å². The second kappa shape index (κ2) is 10.4. The van der Waals surface area contributed by atoms with Gasteiger partial charge in [0, 0.05) is 11.1 Å². The predicted molar refractivity (Wildman–Crippen MR) is 140 cm³/mol. The number of benzene rings is 3. The molecule has 0 atom stereocenters. The highest BCUT2D eigenvalue weighted by molar-refractivity contribution is 5.90. The van der Waals surface area contributed by atoms with E-state index in [0.717, 1.165) is 16.8 Å². The maximum Gasteiger partial charge on any atom is 0.416 e. The zero-order valence-electron chi connectivity index (χ0n) is 20.5. The number of esters is 1. The van der Waals surface area contributed by atoms with Gasteiger partial charge in [-0.05, 0) is 55.5 Å². The van der Waals surface area contributed by atoms with Crippen LogP contribution in [0.2, 0.25) is 0 Å². The summed E-state index contributed by atoms with van der Waals surface area (Å²) in [6.07, 6.45) is -3.29. The zero-order chi connectivity index (χ0) is 27.6. The SMILES string of the molecule is CCOC(=O)c1ccc(-c2ccc(C=Nn3c(-c4cccc(C(F)(F)F)c4)nc4ccccc4c3=O)o2)cc1. The summed E-state index contributed by atoms with van der Waals surface area (Å²) in [5, 5.41) is 4.50. The van der Waals surface area contributed by atoms with Gasteiger partial charge in [-0.1, -0.05) is 36.4 Å². The molecule has 0 aliphatic rings. The van der Waals surface area contributed by atoms with E-state index in [2.05, 4.69) is 10.1 Å². The van der Waals surface area contributed by atoms with Gasteiger partial charge in [0.15, 0.2) is 5.82 Å². The number of aromatic nitrogens is 2. The van der Waals surface area contributed by atoms with E-state index in [4.69, 9.17) is 9.15 Å². The monoisotopic (exact) mass is 531 g/mol. The van der Waals surface area contributed by atoms with Crippen molar-refractivity contribution < 1.29 is 27.1 Å². The van der Waals surface area contributed by atoms with E-state index in [-0.39, 0.29) is 29.1 Å². The van der Waals surface area contributed by atoms with E-state index in [0.29, 0.717) is 22.4 Å². The van der Waals surface area contributed by atoms with Gasteiger partial charge in [-0.25, -0.2) is 9.78 Å². The molecule has 5 rings (SSSR count). The molecule has 0 fully saturated rings. The average Bonchev–Trinajstić information content (AvgIpc) is 3.41. The number of nitrogens with zero attached hydrogens (tertiary/aromatic N) is 3. The molecule has 0 radical (unpaired) electrons. The number of alkyl halides is 3. The molecule has 10 heteroatoms. The first kappa shape index (κ1) is 25.7. The molecule has 0 aliphatic carbocycles. The van der Waals surface area contributed by atoms with Crippen molar-refractivity contribution >= 4 is 23.1 Å². The quantitative estimate of drug-likeness (QED) is 0.187. The summed E-state index contributed by atoms with van der Waals surface area (Å²) in [7, 11) is 0. The highest BCUT2D eigenvalue weighted by Gasteiger charge is 2.31. The average molecular weight is 531 g/mol. The first-order valence-corrected chi connectivity index (χ1v) is 11.9. The summed E-state index contributed by atoms with van der Waals surface area (Å²) in [6.45, 7) is 2.00. The molecule has 7 nitrogen and oxygen atoms in total. The number of carbonyl (C=O) groups excluding carboxylic acids is 1. The molecule has 0 unspecified atom stereocenters. The topological polar surface area (TPSA) is 86.7 Å². The number of hydrogen-bond acceptors (Lipinski definition) is 6. The Morgan fingerprint density at radius 2 is 1.77 bits per heavy atom. The maximum atomic E-state index is 13.4. The van der Waals surface area contributed by atoms with E-state index >= 15 is 0 Å². The Kier molecular flexibility index (Phi) is 6.84. The van der Waals surface area contributed by atoms with Crippen molar-refractivity contribution in [3.8, 4) is 22.7 Å². The number of ether oxygens (including phenoxy) is 1. The molecule has 0 aliphatic heterocycles. The lowest BCUT2D eigenvalue weighted by molar-refractivity contribution is -0.137. The van der Waals surface area contributed by atoms with E-state index in [1.165, 1.54) is 18.3 Å². The Bertz CT molecular complexity index is 1750. The van der Waals surface area contributed by atoms with Gasteiger partial charge in [0.1, 0.15) is 11.5 Å². The van der Waals surface area contributed by atoms with E-state index in [1.807, 2.05) is 0 Å². The van der Waals surface area contributed by atoms with Gasteiger partial charge >= 0.3 is 12.1 Å². The molecule has 3 aromatic carbocycles. The molecular formula is C29H20F3N3O4. The first-order chi connectivity index (χ1) is 18.7. The molecule has 0 saturated carbocycles. The van der Waals surface area contributed by atoms with Crippen LogP contribution < -0.4 is 5.56 Å². The normalized spacial score (nSPS) is 11.8. The third kappa shape index (κ3) is 5.35. The third-order valence-corrected chi connectivity index (χ3v) is 5.81. The molecule has 2 aromatic heterocycles. The standard InChI is InChI=1S/C29H20F3N3O4/c1-2-38-28(37)19-12-10-18(11-13-19)25-15-14-22(39-25)17-33-35-26(20-6-5-7-21(16-20)29(30,31)32)34-24-9-4-3-8-23(24)27(35)36/h3-17H,2H2,1H3. The van der Waals surface area contributed by atoms with Crippen LogP contribution in [-0.4, -0.2) is 28.5 Å². The third-order valence-electron chi connectivity index (χ3n) is 5.81. The van der Waals surface area contributed by atoms with Crippen LogP contribution in [0.5, 0.6) is 0 Å². The van der Waals surface area contributed by atoms with Crippen molar-refractivity contribution in [2.45, 2.75) is 13.1 Å². The Morgan fingerprint density at radius 3 is 2.51 bits per heavy atom. The predicted octanol–water partition coefficient (Wildman–Crippen LogP) is 6.40. The minimum absolute atomic E-state index is 0.0533. The second-order valence-corrected chi connectivity index (χ2v) is 8.39. The van der Waals surface area contributed by atoms with Gasteiger partial charge in [-0.3, -0.25) is 4.79 Å². The molecule has 196 valence electrons. The van der Waals surface area contributed by atoms with Crippen LogP contribution in [-0.2, 0) is 10.9 Å². The molecule has 0 amide bonds. The molecule has 0 spiro atoms. The number of carbonyl (C=O) groups is 1. The van der Waals surface area contributed by atoms with Crippen molar-refractivity contribution in [3.05, 3.63) is 112 Å². The largest absolute Gasteiger partial charge is 0.462 e. The Labute approximate surface area is 219 Å². The number of fused-ring (bicyclic) bond motifs is 1. The summed E-state index contributed by atoms with van der Waals surface area (Å²) in [5.41, 5.74) is 0.0730. The van der Waals surface area contributed by atoms with Gasteiger partial charge in [0.25, 0.3) is 5.56 Å². The zero-order valence-corrected chi connectivity index (χ0v) is 20.5. The summed E-state index contributed by atoms with van der Waals surface area (Å²) < 4.78 is 51.9. The highest BCUT2D eigenvalue weighted by Crippen LogP contribution is 2.32. The first-order valence-electron chi connectivity index (χ1n) is 11.9. The van der Waals surface area contributed by atoms with Gasteiger partial charge in [-0.2, -0.15) is 22.9 Å². The molecular weight excluding hydrogens is 511 g/mol. The molecule has 39 heavy (non-hydrogen) atoms. The lowest BCUT2D eigenvalue weighted by Crippen LogP contribution is -2.20. The van der Waals surface area contributed by atoms with Crippen LogP contribution in [0.15, 0.2) is 99.2 Å². The lowest BCUT2D eigenvalue weighted by atomic mass is 10.1. The molecule has 2 heterocycles. The molecule has 0 N–H and O–H groups in total. The van der Waals surface area contributed by atoms with Crippen LogP contribution in [0.1, 0.15) is 28.6 Å². The maximum absolute atomic E-state index is 13.4. The molecule has 5 aromatic rings. The van der Waals surface area contributed by atoms with Crippen molar-refractivity contribution in [1.82, 2.24) is 9.66 Å². The summed E-state index contributed by atoms with van der Waals surface area (Å²) in [6, 6.07) is 21.0. The fourth-order valence-electron chi connectivity index (χ4n) is 3.93. The highest BCUT2D eigenvalue weighted by atomic mass is 19.4. The van der Waals surface area contributed by atoms with Crippen LogP contribution in [0, 0.1) is 0 Å². The minimum atomic E-state index is -4.57. The van der Waals surface area contributed by atoms with Crippen molar-refractivity contribution in [2.75, 3.05) is 6.61 Å². The number of para-hydroxylation sites is 1. The smallest absolute Gasteiger partial charge is 0.416 e. The van der Waals surface area contributed by atoms with Crippen molar-refractivity contribution in [2.24, 2.45) is 5.10 Å². The number of rotatable bonds is 6. The van der Waals surface area contributed by atoms with E-state index < -0.39 is 23.3 Å². The Hall–Kier alpha value is -4.99. The van der Waals surface area contributed by atoms with Gasteiger partial charge in [0.2, 0.25) is 0 Å².